The maximum absolute atomic E-state index is 14.6. The van der Waals surface area contributed by atoms with Gasteiger partial charge >= 0.3 is 12.6 Å². The molecule has 1 amide bonds. The number of hydrogen-bond donors (Lipinski definition) is 3. The Kier molecular flexibility index (Phi) is 7.62. The number of carboxylic acid groups (broad SMARTS) is 1. The molecule has 3 rings (SSSR count). The molecule has 0 saturated carbocycles. The first-order valence-corrected chi connectivity index (χ1v) is 10.3. The lowest BCUT2D eigenvalue weighted by molar-refractivity contribution is -0.117. The number of H-pyrrole nitrogens is 1. The van der Waals surface area contributed by atoms with Crippen LogP contribution in [-0.4, -0.2) is 28.6 Å². The number of ether oxygens (including phenoxy) is 1. The topological polar surface area (TPSA) is 108 Å². The van der Waals surface area contributed by atoms with Gasteiger partial charge in [0, 0.05) is 23.5 Å². The van der Waals surface area contributed by atoms with Gasteiger partial charge in [0.05, 0.1) is 27.8 Å². The first-order valence-electron chi connectivity index (χ1n) is 9.92. The van der Waals surface area contributed by atoms with Gasteiger partial charge in [-0.25, -0.2) is 9.18 Å². The van der Waals surface area contributed by atoms with E-state index in [4.69, 9.17) is 16.7 Å². The summed E-state index contributed by atoms with van der Waals surface area (Å²) in [5.41, 5.74) is -0.822. The lowest BCUT2D eigenvalue weighted by atomic mass is 9.95. The van der Waals surface area contributed by atoms with Crippen molar-refractivity contribution < 1.29 is 32.6 Å². The third kappa shape index (κ3) is 5.40. The Bertz CT molecular complexity index is 1280. The molecular weight excluding hydrogens is 477 g/mol. The Morgan fingerprint density at radius 3 is 2.41 bits per heavy atom. The highest BCUT2D eigenvalue weighted by molar-refractivity contribution is 6.31. The number of carbonyl (C=O) groups excluding carboxylic acids is 1. The molecule has 34 heavy (non-hydrogen) atoms. The number of carboxylic acids is 1. The van der Waals surface area contributed by atoms with E-state index in [2.05, 4.69) is 15.0 Å². The van der Waals surface area contributed by atoms with E-state index < -0.39 is 47.0 Å². The second-order valence-electron chi connectivity index (χ2n) is 7.11. The number of amides is 1. The summed E-state index contributed by atoms with van der Waals surface area (Å²) in [6.45, 7) is -1.56. The number of rotatable bonds is 8. The predicted octanol–water partition coefficient (Wildman–Crippen LogP) is 5.27. The first kappa shape index (κ1) is 24.8. The van der Waals surface area contributed by atoms with Crippen LogP contribution in [0.2, 0.25) is 5.02 Å². The summed E-state index contributed by atoms with van der Waals surface area (Å²) < 4.78 is 44.5. The molecule has 0 fully saturated rings. The molecule has 178 valence electrons. The molecule has 1 heterocycles. The van der Waals surface area contributed by atoms with Gasteiger partial charge in [-0.1, -0.05) is 18.5 Å². The number of aromatic carboxylic acids is 1. The standard InChI is InChI=1S/C23H18ClF3N2O5/c1-2-13(21(31)29-12-5-3-11(4-6-12)22(32)33)14-10-28-16(9-17(14)30)19-18(34-23(26)27)8-7-15(24)20(19)25/h3-10,13,23H,2H2,1H3,(H,28,30)(H,29,31)(H,32,33). The second kappa shape index (κ2) is 10.4. The zero-order valence-corrected chi connectivity index (χ0v) is 18.3. The number of nitrogens with one attached hydrogen (secondary N) is 2. The number of halogens is 4. The molecule has 1 unspecified atom stereocenters. The van der Waals surface area contributed by atoms with Crippen LogP contribution in [0.25, 0.3) is 11.3 Å². The number of aromatic nitrogens is 1. The van der Waals surface area contributed by atoms with E-state index in [9.17, 15) is 27.6 Å². The van der Waals surface area contributed by atoms with E-state index >= 15 is 0 Å². The molecule has 0 saturated heterocycles. The Morgan fingerprint density at radius 2 is 1.85 bits per heavy atom. The molecule has 0 bridgehead atoms. The molecule has 11 heteroatoms. The molecule has 0 spiro atoms. The summed E-state index contributed by atoms with van der Waals surface area (Å²) in [6.07, 6.45) is 1.43. The highest BCUT2D eigenvalue weighted by Gasteiger charge is 2.24. The monoisotopic (exact) mass is 494 g/mol. The van der Waals surface area contributed by atoms with Crippen LogP contribution < -0.4 is 15.5 Å². The van der Waals surface area contributed by atoms with Gasteiger partial charge in [0.15, 0.2) is 11.2 Å². The third-order valence-electron chi connectivity index (χ3n) is 4.98. The van der Waals surface area contributed by atoms with Crippen molar-refractivity contribution in [2.45, 2.75) is 25.9 Å². The number of alkyl halides is 2. The molecule has 1 atom stereocenters. The molecule has 7 nitrogen and oxygen atoms in total. The van der Waals surface area contributed by atoms with E-state index in [1.807, 2.05) is 0 Å². The Balaban J connectivity index is 1.92. The van der Waals surface area contributed by atoms with E-state index in [0.717, 1.165) is 18.2 Å². The van der Waals surface area contributed by atoms with Crippen molar-refractivity contribution in [2.75, 3.05) is 5.32 Å². The maximum atomic E-state index is 14.6. The zero-order chi connectivity index (χ0) is 25.0. The quantitative estimate of drug-likeness (QED) is 0.395. The van der Waals surface area contributed by atoms with Crippen LogP contribution in [0.4, 0.5) is 18.9 Å². The Hall–Kier alpha value is -3.79. The van der Waals surface area contributed by atoms with Crippen molar-refractivity contribution in [1.82, 2.24) is 4.98 Å². The molecule has 3 aromatic rings. The summed E-state index contributed by atoms with van der Waals surface area (Å²) in [5, 5.41) is 11.2. The number of benzene rings is 2. The molecule has 3 N–H and O–H groups in total. The average Bonchev–Trinajstić information content (AvgIpc) is 2.78. The smallest absolute Gasteiger partial charge is 0.387 e. The number of hydrogen-bond acceptors (Lipinski definition) is 4. The summed E-state index contributed by atoms with van der Waals surface area (Å²) in [6, 6.07) is 8.53. The minimum atomic E-state index is -3.23. The third-order valence-corrected chi connectivity index (χ3v) is 5.28. The van der Waals surface area contributed by atoms with E-state index in [0.29, 0.717) is 5.69 Å². The summed E-state index contributed by atoms with van der Waals surface area (Å²) >= 11 is 5.77. The molecule has 0 aliphatic carbocycles. The van der Waals surface area contributed by atoms with Crippen LogP contribution in [0.5, 0.6) is 5.75 Å². The lowest BCUT2D eigenvalue weighted by Gasteiger charge is -2.16. The number of aromatic amines is 1. The predicted molar refractivity (Wildman–Crippen MR) is 119 cm³/mol. The fourth-order valence-corrected chi connectivity index (χ4v) is 3.51. The van der Waals surface area contributed by atoms with E-state index in [1.165, 1.54) is 30.5 Å². The molecule has 0 radical (unpaired) electrons. The Morgan fingerprint density at radius 1 is 1.18 bits per heavy atom. The van der Waals surface area contributed by atoms with Crippen molar-refractivity contribution in [1.29, 1.82) is 0 Å². The van der Waals surface area contributed by atoms with Crippen molar-refractivity contribution in [2.24, 2.45) is 0 Å². The number of carbonyl (C=O) groups is 2. The van der Waals surface area contributed by atoms with Gasteiger partial charge in [-0.3, -0.25) is 9.59 Å². The van der Waals surface area contributed by atoms with Gasteiger partial charge in [-0.15, -0.1) is 0 Å². The summed E-state index contributed by atoms with van der Waals surface area (Å²) in [4.78, 5) is 39.2. The van der Waals surface area contributed by atoms with Crippen LogP contribution in [0.15, 0.2) is 53.5 Å². The Labute approximate surface area is 196 Å². The largest absolute Gasteiger partial charge is 0.478 e. The van der Waals surface area contributed by atoms with Gasteiger partial charge in [-0.2, -0.15) is 8.78 Å². The van der Waals surface area contributed by atoms with Gasteiger partial charge in [-0.05, 0) is 42.8 Å². The fraction of sp³-hybridized carbons (Fsp3) is 0.174. The summed E-state index contributed by atoms with van der Waals surface area (Å²) in [5.74, 6) is -4.13. The van der Waals surface area contributed by atoms with Gasteiger partial charge in [0.1, 0.15) is 5.75 Å². The van der Waals surface area contributed by atoms with E-state index in [1.54, 1.807) is 6.92 Å². The van der Waals surface area contributed by atoms with Crippen molar-refractivity contribution >= 4 is 29.2 Å². The van der Waals surface area contributed by atoms with Crippen LogP contribution in [0, 0.1) is 5.82 Å². The van der Waals surface area contributed by atoms with Crippen LogP contribution in [0.3, 0.4) is 0 Å². The number of anilines is 1. The van der Waals surface area contributed by atoms with Crippen molar-refractivity contribution in [3.63, 3.8) is 0 Å². The molecule has 0 aliphatic rings. The van der Waals surface area contributed by atoms with E-state index in [-0.39, 0.29) is 28.3 Å². The molecule has 0 aliphatic heterocycles. The molecular formula is C23H18ClF3N2O5. The van der Waals surface area contributed by atoms with Crippen LogP contribution in [0.1, 0.15) is 35.2 Å². The molecule has 1 aromatic heterocycles. The maximum Gasteiger partial charge on any atom is 0.387 e. The lowest BCUT2D eigenvalue weighted by Crippen LogP contribution is -2.25. The zero-order valence-electron chi connectivity index (χ0n) is 17.6. The first-order chi connectivity index (χ1) is 16.1. The SMILES string of the molecule is CCC(C(=O)Nc1ccc(C(=O)O)cc1)c1c[nH]c(-c2c(OC(F)F)ccc(Cl)c2F)cc1=O. The highest BCUT2D eigenvalue weighted by Crippen LogP contribution is 2.36. The van der Waals surface area contributed by atoms with Crippen molar-refractivity contribution in [3.05, 3.63) is 80.9 Å². The molecule has 2 aromatic carbocycles. The highest BCUT2D eigenvalue weighted by atomic mass is 35.5. The normalized spacial score (nSPS) is 11.8. The minimum absolute atomic E-state index is 0.0421. The number of pyridine rings is 1. The summed E-state index contributed by atoms with van der Waals surface area (Å²) in [7, 11) is 0. The fourth-order valence-electron chi connectivity index (χ4n) is 3.35. The van der Waals surface area contributed by atoms with Gasteiger partial charge in [0.25, 0.3) is 0 Å². The van der Waals surface area contributed by atoms with Gasteiger partial charge in [0.2, 0.25) is 5.91 Å². The van der Waals surface area contributed by atoms with Gasteiger partial charge < -0.3 is 20.1 Å². The van der Waals surface area contributed by atoms with Crippen molar-refractivity contribution in [3.8, 4) is 17.0 Å². The van der Waals surface area contributed by atoms with Crippen LogP contribution >= 0.6 is 11.6 Å². The van der Waals surface area contributed by atoms with Crippen LogP contribution in [-0.2, 0) is 4.79 Å². The average molecular weight is 495 g/mol. The minimum Gasteiger partial charge on any atom is -0.478 e. The second-order valence-corrected chi connectivity index (χ2v) is 7.52.